The molecule has 2 rings (SSSR count). The normalized spacial score (nSPS) is 11.6. The van der Waals surface area contributed by atoms with Crippen LogP contribution in [0.4, 0.5) is 0 Å². The summed E-state index contributed by atoms with van der Waals surface area (Å²) >= 11 is 9.12. The largest absolute Gasteiger partial charge is 0.478 e. The zero-order chi connectivity index (χ0) is 17.0. The number of ether oxygens (including phenoxy) is 2. The third-order valence-electron chi connectivity index (χ3n) is 2.86. The molecule has 2 aromatic carbocycles. The van der Waals surface area contributed by atoms with Gasteiger partial charge < -0.3 is 14.6 Å². The van der Waals surface area contributed by atoms with E-state index in [1.54, 1.807) is 30.3 Å². The van der Waals surface area contributed by atoms with Gasteiger partial charge in [-0.1, -0.05) is 23.7 Å². The summed E-state index contributed by atoms with van der Waals surface area (Å²) < 4.78 is 11.2. The molecule has 0 fully saturated rings. The molecule has 1 atom stereocenters. The van der Waals surface area contributed by atoms with Crippen LogP contribution in [-0.4, -0.2) is 23.1 Å². The number of carboxylic acid groups (broad SMARTS) is 1. The summed E-state index contributed by atoms with van der Waals surface area (Å²) in [6.45, 7) is 1.51. The van der Waals surface area contributed by atoms with E-state index in [9.17, 15) is 9.59 Å². The van der Waals surface area contributed by atoms with Gasteiger partial charge in [0.15, 0.2) is 6.10 Å². The Hall–Kier alpha value is -2.05. The Bertz CT molecular complexity index is 747. The summed E-state index contributed by atoms with van der Waals surface area (Å²) in [5, 5.41) is 9.60. The Morgan fingerprint density at radius 3 is 2.52 bits per heavy atom. The number of hydrogen-bond acceptors (Lipinski definition) is 4. The van der Waals surface area contributed by atoms with Gasteiger partial charge in [-0.2, -0.15) is 0 Å². The number of rotatable bonds is 5. The second-order valence-corrected chi connectivity index (χ2v) is 5.85. The van der Waals surface area contributed by atoms with Crippen molar-refractivity contribution in [2.75, 3.05) is 0 Å². The van der Waals surface area contributed by atoms with Gasteiger partial charge in [0.05, 0.1) is 4.47 Å². The van der Waals surface area contributed by atoms with E-state index in [2.05, 4.69) is 15.9 Å². The number of aromatic carboxylic acids is 1. The Balaban J connectivity index is 2.10. The predicted molar refractivity (Wildman–Crippen MR) is 88.3 cm³/mol. The van der Waals surface area contributed by atoms with Crippen molar-refractivity contribution in [3.05, 3.63) is 57.5 Å². The van der Waals surface area contributed by atoms with Crippen LogP contribution in [0.3, 0.4) is 0 Å². The Kier molecular flexibility index (Phi) is 5.63. The number of halogens is 2. The van der Waals surface area contributed by atoms with Crippen LogP contribution in [0.5, 0.6) is 11.5 Å². The molecule has 0 aromatic heterocycles. The van der Waals surface area contributed by atoms with Gasteiger partial charge in [-0.3, -0.25) is 0 Å². The Labute approximate surface area is 145 Å². The number of carbonyl (C=O) groups is 2. The average Bonchev–Trinajstić information content (AvgIpc) is 2.50. The molecule has 0 spiro atoms. The minimum absolute atomic E-state index is 0.0318. The van der Waals surface area contributed by atoms with Crippen molar-refractivity contribution in [3.63, 3.8) is 0 Å². The van der Waals surface area contributed by atoms with E-state index in [1.807, 2.05) is 0 Å². The van der Waals surface area contributed by atoms with Crippen LogP contribution in [0.2, 0.25) is 5.02 Å². The van der Waals surface area contributed by atoms with E-state index in [0.29, 0.717) is 15.2 Å². The lowest BCUT2D eigenvalue weighted by atomic mass is 10.2. The van der Waals surface area contributed by atoms with Crippen LogP contribution < -0.4 is 9.47 Å². The van der Waals surface area contributed by atoms with E-state index < -0.39 is 18.0 Å². The number of benzene rings is 2. The fourth-order valence-electron chi connectivity index (χ4n) is 1.73. The van der Waals surface area contributed by atoms with Gasteiger partial charge in [0.1, 0.15) is 17.1 Å². The number of hydrogen-bond donors (Lipinski definition) is 1. The lowest BCUT2D eigenvalue weighted by molar-refractivity contribution is -0.141. The molecule has 1 unspecified atom stereocenters. The van der Waals surface area contributed by atoms with Crippen LogP contribution in [0.25, 0.3) is 0 Å². The zero-order valence-electron chi connectivity index (χ0n) is 12.0. The first kappa shape index (κ1) is 17.3. The van der Waals surface area contributed by atoms with E-state index in [1.165, 1.54) is 19.1 Å². The SMILES string of the molecule is CC(Oc1ccc(Cl)cc1Br)C(=O)Oc1ccccc1C(=O)O. The van der Waals surface area contributed by atoms with Crippen LogP contribution >= 0.6 is 27.5 Å². The molecule has 0 aliphatic rings. The van der Waals surface area contributed by atoms with Gasteiger partial charge in [0, 0.05) is 5.02 Å². The van der Waals surface area contributed by atoms with Crippen molar-refractivity contribution < 1.29 is 24.2 Å². The molecule has 0 radical (unpaired) electrons. The smallest absolute Gasteiger partial charge is 0.352 e. The average molecular weight is 400 g/mol. The first-order valence-electron chi connectivity index (χ1n) is 6.54. The molecule has 120 valence electrons. The molecule has 5 nitrogen and oxygen atoms in total. The van der Waals surface area contributed by atoms with Gasteiger partial charge in [-0.05, 0) is 53.2 Å². The minimum atomic E-state index is -1.18. The van der Waals surface area contributed by atoms with Crippen LogP contribution in [0, 0.1) is 0 Å². The maximum Gasteiger partial charge on any atom is 0.352 e. The second kappa shape index (κ2) is 7.48. The summed E-state index contributed by atoms with van der Waals surface area (Å²) in [6.07, 6.45) is -0.936. The van der Waals surface area contributed by atoms with Crippen molar-refractivity contribution >= 4 is 39.5 Å². The summed E-state index contributed by atoms with van der Waals surface area (Å²) in [5.41, 5.74) is -0.0966. The monoisotopic (exact) mass is 398 g/mol. The number of para-hydroxylation sites is 1. The van der Waals surface area contributed by atoms with Crippen LogP contribution in [-0.2, 0) is 4.79 Å². The summed E-state index contributed by atoms with van der Waals surface area (Å²) in [6, 6.07) is 10.8. The fourth-order valence-corrected chi connectivity index (χ4v) is 2.51. The lowest BCUT2D eigenvalue weighted by Crippen LogP contribution is -2.29. The molecule has 2 aromatic rings. The molecule has 1 N–H and O–H groups in total. The van der Waals surface area contributed by atoms with Gasteiger partial charge in [0.25, 0.3) is 0 Å². The summed E-state index contributed by atoms with van der Waals surface area (Å²) in [4.78, 5) is 23.2. The van der Waals surface area contributed by atoms with Gasteiger partial charge in [0.2, 0.25) is 0 Å². The van der Waals surface area contributed by atoms with Crippen molar-refractivity contribution in [3.8, 4) is 11.5 Å². The molecule has 0 saturated heterocycles. The van der Waals surface area contributed by atoms with E-state index >= 15 is 0 Å². The van der Waals surface area contributed by atoms with E-state index in [0.717, 1.165) is 0 Å². The van der Waals surface area contributed by atoms with Crippen molar-refractivity contribution in [2.45, 2.75) is 13.0 Å². The number of carbonyl (C=O) groups excluding carboxylic acids is 1. The van der Waals surface area contributed by atoms with Crippen LogP contribution in [0.15, 0.2) is 46.9 Å². The fraction of sp³-hybridized carbons (Fsp3) is 0.125. The minimum Gasteiger partial charge on any atom is -0.478 e. The number of esters is 1. The van der Waals surface area contributed by atoms with E-state index in [-0.39, 0.29) is 11.3 Å². The first-order valence-corrected chi connectivity index (χ1v) is 7.71. The molecular weight excluding hydrogens is 388 g/mol. The maximum atomic E-state index is 12.1. The highest BCUT2D eigenvalue weighted by molar-refractivity contribution is 9.10. The summed E-state index contributed by atoms with van der Waals surface area (Å²) in [7, 11) is 0. The van der Waals surface area contributed by atoms with Gasteiger partial charge >= 0.3 is 11.9 Å². The zero-order valence-corrected chi connectivity index (χ0v) is 14.3. The molecule has 0 saturated carbocycles. The van der Waals surface area contributed by atoms with Crippen molar-refractivity contribution in [2.24, 2.45) is 0 Å². The van der Waals surface area contributed by atoms with Crippen LogP contribution in [0.1, 0.15) is 17.3 Å². The van der Waals surface area contributed by atoms with Crippen molar-refractivity contribution in [1.29, 1.82) is 0 Å². The molecule has 0 amide bonds. The third kappa shape index (κ3) is 4.46. The second-order valence-electron chi connectivity index (χ2n) is 4.56. The Morgan fingerprint density at radius 2 is 1.87 bits per heavy atom. The highest BCUT2D eigenvalue weighted by Crippen LogP contribution is 2.29. The molecule has 0 aliphatic carbocycles. The third-order valence-corrected chi connectivity index (χ3v) is 3.71. The molecule has 7 heteroatoms. The standard InChI is InChI=1S/C16H12BrClO5/c1-9(22-14-7-6-10(18)8-12(14)17)16(21)23-13-5-3-2-4-11(13)15(19)20/h2-9H,1H3,(H,19,20). The molecule has 0 bridgehead atoms. The Morgan fingerprint density at radius 1 is 1.17 bits per heavy atom. The summed E-state index contributed by atoms with van der Waals surface area (Å²) in [5.74, 6) is -1.50. The predicted octanol–water partition coefficient (Wildman–Crippen LogP) is 4.17. The van der Waals surface area contributed by atoms with Gasteiger partial charge in [-0.25, -0.2) is 9.59 Å². The molecular formula is C16H12BrClO5. The topological polar surface area (TPSA) is 72.8 Å². The number of carboxylic acids is 1. The van der Waals surface area contributed by atoms with E-state index in [4.69, 9.17) is 26.2 Å². The highest BCUT2D eigenvalue weighted by Gasteiger charge is 2.21. The molecule has 0 aliphatic heterocycles. The molecule has 0 heterocycles. The molecule has 23 heavy (non-hydrogen) atoms. The quantitative estimate of drug-likeness (QED) is 0.603. The van der Waals surface area contributed by atoms with Gasteiger partial charge in [-0.15, -0.1) is 0 Å². The highest BCUT2D eigenvalue weighted by atomic mass is 79.9. The maximum absolute atomic E-state index is 12.1. The lowest BCUT2D eigenvalue weighted by Gasteiger charge is -2.15. The van der Waals surface area contributed by atoms with Crippen molar-refractivity contribution in [1.82, 2.24) is 0 Å². The first-order chi connectivity index (χ1) is 10.9.